The van der Waals surface area contributed by atoms with Crippen LogP contribution in [0.15, 0.2) is 24.3 Å². The number of nitrogens with zero attached hydrogens (tertiary/aromatic N) is 3. The number of fused-ring (bicyclic) bond motifs is 1. The van der Waals surface area contributed by atoms with Gasteiger partial charge in [-0.25, -0.2) is 0 Å². The molecule has 0 spiro atoms. The minimum atomic E-state index is 0.240. The predicted octanol–water partition coefficient (Wildman–Crippen LogP) is 1.45. The van der Waals surface area contributed by atoms with Crippen molar-refractivity contribution in [3.8, 4) is 0 Å². The van der Waals surface area contributed by atoms with Gasteiger partial charge in [-0.3, -0.25) is 0 Å². The van der Waals surface area contributed by atoms with Crippen molar-refractivity contribution in [1.29, 1.82) is 0 Å². The molecule has 3 rings (SSSR count). The van der Waals surface area contributed by atoms with E-state index in [1.807, 2.05) is 0 Å². The van der Waals surface area contributed by atoms with E-state index in [2.05, 4.69) is 46.0 Å². The van der Waals surface area contributed by atoms with E-state index in [1.165, 1.54) is 11.1 Å². The van der Waals surface area contributed by atoms with Gasteiger partial charge >= 0.3 is 0 Å². The van der Waals surface area contributed by atoms with E-state index in [-0.39, 0.29) is 6.04 Å². The molecule has 2 heterocycles. The van der Waals surface area contributed by atoms with Crippen LogP contribution in [0.2, 0.25) is 0 Å². The molecule has 0 amide bonds. The molecule has 0 fully saturated rings. The number of nitrogens with two attached hydrogens (primary N) is 1. The average molecular weight is 242 g/mol. The van der Waals surface area contributed by atoms with E-state index in [1.54, 1.807) is 0 Å². The molecule has 2 aromatic rings. The second kappa shape index (κ2) is 4.53. The predicted molar refractivity (Wildman–Crippen MR) is 70.3 cm³/mol. The normalized spacial score (nSPS) is 18.7. The summed E-state index contributed by atoms with van der Waals surface area (Å²) in [6.07, 6.45) is 2.80. The van der Waals surface area contributed by atoms with Gasteiger partial charge in [-0.05, 0) is 24.5 Å². The Hall–Kier alpha value is -1.68. The summed E-state index contributed by atoms with van der Waals surface area (Å²) >= 11 is 0. The van der Waals surface area contributed by atoms with E-state index in [4.69, 9.17) is 5.73 Å². The average Bonchev–Trinajstić information content (AvgIpc) is 2.75. The first-order chi connectivity index (χ1) is 8.74. The van der Waals surface area contributed by atoms with Crippen LogP contribution in [0.25, 0.3) is 0 Å². The van der Waals surface area contributed by atoms with Gasteiger partial charge in [0.2, 0.25) is 0 Å². The highest BCUT2D eigenvalue weighted by molar-refractivity contribution is 5.28. The molecule has 0 bridgehead atoms. The lowest BCUT2D eigenvalue weighted by atomic mass is 10.0. The van der Waals surface area contributed by atoms with Crippen LogP contribution in [0.3, 0.4) is 0 Å². The third-order valence-electron chi connectivity index (χ3n) is 3.67. The van der Waals surface area contributed by atoms with Crippen LogP contribution in [0.4, 0.5) is 0 Å². The number of rotatable bonds is 2. The highest BCUT2D eigenvalue weighted by Gasteiger charge is 2.20. The molecular formula is C14H18N4. The van der Waals surface area contributed by atoms with Crippen LogP contribution in [-0.2, 0) is 19.4 Å². The Morgan fingerprint density at radius 3 is 3.00 bits per heavy atom. The van der Waals surface area contributed by atoms with Crippen LogP contribution in [0.1, 0.15) is 29.2 Å². The Kier molecular flexibility index (Phi) is 2.88. The standard InChI is InChI=1S/C14H18N4/c1-10-4-2-3-5-11(10)8-14-17-16-13-7-6-12(15)9-18(13)14/h2-5,12H,6-9,15H2,1H3. The molecule has 1 aliphatic rings. The summed E-state index contributed by atoms with van der Waals surface area (Å²) in [5.74, 6) is 2.12. The zero-order chi connectivity index (χ0) is 12.5. The van der Waals surface area contributed by atoms with E-state index >= 15 is 0 Å². The molecule has 0 saturated heterocycles. The number of aromatic nitrogens is 3. The van der Waals surface area contributed by atoms with Crippen LogP contribution in [0, 0.1) is 6.92 Å². The van der Waals surface area contributed by atoms with Gasteiger partial charge in [0.1, 0.15) is 11.6 Å². The third kappa shape index (κ3) is 2.04. The minimum absolute atomic E-state index is 0.240. The van der Waals surface area contributed by atoms with Crippen LogP contribution < -0.4 is 5.73 Å². The largest absolute Gasteiger partial charge is 0.326 e. The van der Waals surface area contributed by atoms with Crippen molar-refractivity contribution in [1.82, 2.24) is 14.8 Å². The molecule has 1 aromatic heterocycles. The van der Waals surface area contributed by atoms with Gasteiger partial charge < -0.3 is 10.3 Å². The van der Waals surface area contributed by atoms with E-state index < -0.39 is 0 Å². The maximum Gasteiger partial charge on any atom is 0.137 e. The van der Waals surface area contributed by atoms with E-state index in [0.29, 0.717) is 0 Å². The fraction of sp³-hybridized carbons (Fsp3) is 0.429. The maximum absolute atomic E-state index is 6.02. The van der Waals surface area contributed by atoms with Crippen LogP contribution >= 0.6 is 0 Å². The van der Waals surface area contributed by atoms with Gasteiger partial charge in [0.15, 0.2) is 0 Å². The van der Waals surface area contributed by atoms with Gasteiger partial charge in [-0.1, -0.05) is 24.3 Å². The molecule has 1 atom stereocenters. The molecule has 1 unspecified atom stereocenters. The summed E-state index contributed by atoms with van der Waals surface area (Å²) in [6, 6.07) is 8.66. The first-order valence-corrected chi connectivity index (χ1v) is 6.45. The summed E-state index contributed by atoms with van der Waals surface area (Å²) in [7, 11) is 0. The first kappa shape index (κ1) is 11.4. The van der Waals surface area contributed by atoms with Crippen molar-refractivity contribution in [2.75, 3.05) is 0 Å². The lowest BCUT2D eigenvalue weighted by Crippen LogP contribution is -2.32. The molecule has 2 N–H and O–H groups in total. The molecule has 18 heavy (non-hydrogen) atoms. The second-order valence-corrected chi connectivity index (χ2v) is 5.05. The van der Waals surface area contributed by atoms with Crippen molar-refractivity contribution in [2.45, 2.75) is 38.8 Å². The molecule has 1 aliphatic heterocycles. The SMILES string of the molecule is Cc1ccccc1Cc1nnc2n1CC(N)CC2. The lowest BCUT2D eigenvalue weighted by Gasteiger charge is -2.21. The zero-order valence-corrected chi connectivity index (χ0v) is 10.6. The molecule has 0 aliphatic carbocycles. The fourth-order valence-electron chi connectivity index (χ4n) is 2.52. The number of aryl methyl sites for hydroxylation is 2. The van der Waals surface area contributed by atoms with Crippen molar-refractivity contribution in [2.24, 2.45) is 5.73 Å². The molecule has 4 heteroatoms. The van der Waals surface area contributed by atoms with Crippen LogP contribution in [-0.4, -0.2) is 20.8 Å². The van der Waals surface area contributed by atoms with Gasteiger partial charge in [-0.2, -0.15) is 0 Å². The molecular weight excluding hydrogens is 224 g/mol. The summed E-state index contributed by atoms with van der Waals surface area (Å²) in [4.78, 5) is 0. The molecule has 0 saturated carbocycles. The van der Waals surface area contributed by atoms with Crippen molar-refractivity contribution >= 4 is 0 Å². The summed E-state index contributed by atoms with van der Waals surface area (Å²) in [5.41, 5.74) is 8.64. The Morgan fingerprint density at radius 1 is 1.33 bits per heavy atom. The third-order valence-corrected chi connectivity index (χ3v) is 3.67. The van der Waals surface area contributed by atoms with Gasteiger partial charge in [0, 0.05) is 25.4 Å². The number of hydrogen-bond donors (Lipinski definition) is 1. The maximum atomic E-state index is 6.02. The Bertz CT molecular complexity index is 559. The van der Waals surface area contributed by atoms with Gasteiger partial charge in [0.25, 0.3) is 0 Å². The van der Waals surface area contributed by atoms with Crippen molar-refractivity contribution in [3.05, 3.63) is 47.0 Å². The molecule has 1 aromatic carbocycles. The van der Waals surface area contributed by atoms with Crippen molar-refractivity contribution < 1.29 is 0 Å². The monoisotopic (exact) mass is 242 g/mol. The van der Waals surface area contributed by atoms with E-state index in [9.17, 15) is 0 Å². The minimum Gasteiger partial charge on any atom is -0.326 e. The highest BCUT2D eigenvalue weighted by atomic mass is 15.3. The summed E-state index contributed by atoms with van der Waals surface area (Å²) < 4.78 is 2.20. The smallest absolute Gasteiger partial charge is 0.137 e. The van der Waals surface area contributed by atoms with Gasteiger partial charge in [0.05, 0.1) is 0 Å². The topological polar surface area (TPSA) is 56.7 Å². The Labute approximate surface area is 107 Å². The molecule has 94 valence electrons. The lowest BCUT2D eigenvalue weighted by molar-refractivity contribution is 0.445. The van der Waals surface area contributed by atoms with Gasteiger partial charge in [-0.15, -0.1) is 10.2 Å². The Balaban J connectivity index is 1.90. The summed E-state index contributed by atoms with van der Waals surface area (Å²) in [6.45, 7) is 2.98. The highest BCUT2D eigenvalue weighted by Crippen LogP contribution is 2.17. The van der Waals surface area contributed by atoms with Crippen LogP contribution in [0.5, 0.6) is 0 Å². The molecule has 4 nitrogen and oxygen atoms in total. The first-order valence-electron chi connectivity index (χ1n) is 6.45. The van der Waals surface area contributed by atoms with E-state index in [0.717, 1.165) is 37.5 Å². The summed E-state index contributed by atoms with van der Waals surface area (Å²) in [5, 5.41) is 8.60. The number of benzene rings is 1. The Morgan fingerprint density at radius 2 is 2.17 bits per heavy atom. The number of hydrogen-bond acceptors (Lipinski definition) is 3. The molecule has 0 radical (unpaired) electrons. The zero-order valence-electron chi connectivity index (χ0n) is 10.6. The van der Waals surface area contributed by atoms with Crippen molar-refractivity contribution in [3.63, 3.8) is 0 Å². The quantitative estimate of drug-likeness (QED) is 0.867. The second-order valence-electron chi connectivity index (χ2n) is 5.05. The fourth-order valence-corrected chi connectivity index (χ4v) is 2.52.